The summed E-state index contributed by atoms with van der Waals surface area (Å²) in [5.74, 6) is 0. The Kier molecular flexibility index (Phi) is 6.87. The van der Waals surface area contributed by atoms with Crippen LogP contribution < -0.4 is 0 Å². The van der Waals surface area contributed by atoms with Gasteiger partial charge in [-0.05, 0) is 39.8 Å². The summed E-state index contributed by atoms with van der Waals surface area (Å²) in [4.78, 5) is 4.30. The Morgan fingerprint density at radius 2 is 1.77 bits per heavy atom. The zero-order chi connectivity index (χ0) is 10.3. The molecule has 0 saturated heterocycles. The molecule has 2 nitrogen and oxygen atoms in total. The van der Waals surface area contributed by atoms with Crippen LogP contribution in [0.3, 0.4) is 0 Å². The highest BCUT2D eigenvalue weighted by Crippen LogP contribution is 2.10. The molecule has 2 atom stereocenters. The standard InChI is InChI=1S/C11H23NO/c1-6-11(7-2)13-10(5)9(4)12-8-3/h8-11H,6-7H2,1-5H3. The molecule has 0 bridgehead atoms. The molecule has 78 valence electrons. The lowest BCUT2D eigenvalue weighted by molar-refractivity contribution is -0.0149. The summed E-state index contributed by atoms with van der Waals surface area (Å²) in [6, 6.07) is 0.269. The summed E-state index contributed by atoms with van der Waals surface area (Å²) >= 11 is 0. The minimum Gasteiger partial charge on any atom is -0.373 e. The van der Waals surface area contributed by atoms with E-state index in [9.17, 15) is 0 Å². The maximum absolute atomic E-state index is 5.85. The van der Waals surface area contributed by atoms with Crippen molar-refractivity contribution in [3.05, 3.63) is 0 Å². The maximum atomic E-state index is 5.85. The molecule has 0 rings (SSSR count). The van der Waals surface area contributed by atoms with Gasteiger partial charge in [-0.3, -0.25) is 4.99 Å². The first-order valence-electron chi connectivity index (χ1n) is 5.28. The van der Waals surface area contributed by atoms with Crippen LogP contribution in [-0.4, -0.2) is 24.5 Å². The third-order valence-electron chi connectivity index (χ3n) is 2.38. The summed E-state index contributed by atoms with van der Waals surface area (Å²) < 4.78 is 5.85. The first-order valence-corrected chi connectivity index (χ1v) is 5.28. The van der Waals surface area contributed by atoms with Crippen molar-refractivity contribution < 1.29 is 4.74 Å². The van der Waals surface area contributed by atoms with Gasteiger partial charge in [0.05, 0.1) is 18.2 Å². The Bertz CT molecular complexity index is 141. The Balaban J connectivity index is 3.89. The van der Waals surface area contributed by atoms with Gasteiger partial charge in [0.15, 0.2) is 0 Å². The second kappa shape index (κ2) is 7.07. The average molecular weight is 185 g/mol. The predicted octanol–water partition coefficient (Wildman–Crippen LogP) is 3.06. The molecule has 0 radical (unpaired) electrons. The van der Waals surface area contributed by atoms with Crippen LogP contribution in [0.1, 0.15) is 47.5 Å². The topological polar surface area (TPSA) is 21.6 Å². The van der Waals surface area contributed by atoms with Gasteiger partial charge in [-0.1, -0.05) is 13.8 Å². The van der Waals surface area contributed by atoms with E-state index in [-0.39, 0.29) is 12.1 Å². The van der Waals surface area contributed by atoms with Crippen LogP contribution in [0, 0.1) is 0 Å². The van der Waals surface area contributed by atoms with Gasteiger partial charge in [0.25, 0.3) is 0 Å². The van der Waals surface area contributed by atoms with Crippen molar-refractivity contribution in [1.82, 2.24) is 0 Å². The second-order valence-corrected chi connectivity index (χ2v) is 3.43. The number of nitrogens with zero attached hydrogens (tertiary/aromatic N) is 1. The highest BCUT2D eigenvalue weighted by molar-refractivity contribution is 5.53. The van der Waals surface area contributed by atoms with E-state index < -0.39 is 0 Å². The van der Waals surface area contributed by atoms with E-state index in [1.807, 2.05) is 13.1 Å². The fraction of sp³-hybridized carbons (Fsp3) is 0.909. The first-order chi connectivity index (χ1) is 6.15. The van der Waals surface area contributed by atoms with Crippen molar-refractivity contribution in [2.24, 2.45) is 4.99 Å². The van der Waals surface area contributed by atoms with Crippen molar-refractivity contribution >= 4 is 6.21 Å². The second-order valence-electron chi connectivity index (χ2n) is 3.43. The van der Waals surface area contributed by atoms with Crippen LogP contribution in [0.2, 0.25) is 0 Å². The molecule has 13 heavy (non-hydrogen) atoms. The molecule has 0 aliphatic heterocycles. The van der Waals surface area contributed by atoms with Crippen LogP contribution >= 0.6 is 0 Å². The molecular weight excluding hydrogens is 162 g/mol. The normalized spacial score (nSPS) is 16.8. The van der Waals surface area contributed by atoms with Gasteiger partial charge in [0.2, 0.25) is 0 Å². The number of aliphatic imine (C=N–C) groups is 1. The van der Waals surface area contributed by atoms with Gasteiger partial charge in [-0.15, -0.1) is 0 Å². The fourth-order valence-electron chi connectivity index (χ4n) is 1.25. The third kappa shape index (κ3) is 5.04. The summed E-state index contributed by atoms with van der Waals surface area (Å²) in [5, 5.41) is 0. The molecule has 0 saturated carbocycles. The molecule has 0 aliphatic carbocycles. The van der Waals surface area contributed by atoms with Gasteiger partial charge >= 0.3 is 0 Å². The molecule has 0 fully saturated rings. The molecule has 0 N–H and O–H groups in total. The highest BCUT2D eigenvalue weighted by atomic mass is 16.5. The summed E-state index contributed by atoms with van der Waals surface area (Å²) in [5.41, 5.74) is 0. The van der Waals surface area contributed by atoms with Crippen molar-refractivity contribution in [1.29, 1.82) is 0 Å². The smallest absolute Gasteiger partial charge is 0.0771 e. The summed E-state index contributed by atoms with van der Waals surface area (Å²) in [7, 11) is 0. The first kappa shape index (κ1) is 12.6. The van der Waals surface area contributed by atoms with E-state index in [0.29, 0.717) is 6.10 Å². The van der Waals surface area contributed by atoms with E-state index in [1.165, 1.54) is 0 Å². The molecule has 2 unspecified atom stereocenters. The minimum atomic E-state index is 0.223. The van der Waals surface area contributed by atoms with Crippen LogP contribution in [0.15, 0.2) is 4.99 Å². The summed E-state index contributed by atoms with van der Waals surface area (Å²) in [6.07, 6.45) is 4.63. The van der Waals surface area contributed by atoms with Crippen molar-refractivity contribution in [2.45, 2.75) is 65.7 Å². The fourth-order valence-corrected chi connectivity index (χ4v) is 1.25. The zero-order valence-corrected chi connectivity index (χ0v) is 9.58. The lowest BCUT2D eigenvalue weighted by Crippen LogP contribution is -2.27. The number of hydrogen-bond acceptors (Lipinski definition) is 2. The largest absolute Gasteiger partial charge is 0.373 e. The highest BCUT2D eigenvalue weighted by Gasteiger charge is 2.14. The van der Waals surface area contributed by atoms with E-state index in [4.69, 9.17) is 4.74 Å². The van der Waals surface area contributed by atoms with Crippen LogP contribution in [0.25, 0.3) is 0 Å². The lowest BCUT2D eigenvalue weighted by Gasteiger charge is -2.22. The summed E-state index contributed by atoms with van der Waals surface area (Å²) in [6.45, 7) is 10.5. The molecular formula is C11H23NO. The van der Waals surface area contributed by atoms with Gasteiger partial charge in [-0.2, -0.15) is 0 Å². The Labute approximate surface area is 82.4 Å². The van der Waals surface area contributed by atoms with Crippen LogP contribution in [0.4, 0.5) is 0 Å². The molecule has 0 aliphatic rings. The quantitative estimate of drug-likeness (QED) is 0.583. The van der Waals surface area contributed by atoms with Crippen molar-refractivity contribution in [3.8, 4) is 0 Å². The van der Waals surface area contributed by atoms with Crippen molar-refractivity contribution in [2.75, 3.05) is 0 Å². The van der Waals surface area contributed by atoms with Gasteiger partial charge < -0.3 is 4.74 Å². The van der Waals surface area contributed by atoms with Crippen molar-refractivity contribution in [3.63, 3.8) is 0 Å². The van der Waals surface area contributed by atoms with Crippen LogP contribution in [0.5, 0.6) is 0 Å². The number of rotatable bonds is 6. The third-order valence-corrected chi connectivity index (χ3v) is 2.38. The molecule has 0 aromatic heterocycles. The SMILES string of the molecule is CC=NC(C)C(C)OC(CC)CC. The molecule has 0 spiro atoms. The molecule has 0 heterocycles. The zero-order valence-electron chi connectivity index (χ0n) is 9.58. The maximum Gasteiger partial charge on any atom is 0.0771 e. The Morgan fingerprint density at radius 1 is 1.23 bits per heavy atom. The lowest BCUT2D eigenvalue weighted by atomic mass is 10.2. The molecule has 0 aromatic carbocycles. The molecule has 0 aromatic rings. The number of ether oxygens (including phenoxy) is 1. The Morgan fingerprint density at radius 3 is 2.15 bits per heavy atom. The molecule has 0 amide bonds. The van der Waals surface area contributed by atoms with Gasteiger partial charge in [0, 0.05) is 0 Å². The van der Waals surface area contributed by atoms with E-state index in [2.05, 4.69) is 32.7 Å². The van der Waals surface area contributed by atoms with E-state index in [1.54, 1.807) is 0 Å². The predicted molar refractivity (Wildman–Crippen MR) is 58.5 cm³/mol. The Hall–Kier alpha value is -0.370. The molecule has 2 heteroatoms. The minimum absolute atomic E-state index is 0.223. The van der Waals surface area contributed by atoms with Gasteiger partial charge in [-0.25, -0.2) is 0 Å². The van der Waals surface area contributed by atoms with Gasteiger partial charge in [0.1, 0.15) is 0 Å². The monoisotopic (exact) mass is 185 g/mol. The number of hydrogen-bond donors (Lipinski definition) is 0. The van der Waals surface area contributed by atoms with Crippen LogP contribution in [-0.2, 0) is 4.74 Å². The van der Waals surface area contributed by atoms with E-state index >= 15 is 0 Å². The van der Waals surface area contributed by atoms with E-state index in [0.717, 1.165) is 12.8 Å². The average Bonchev–Trinajstić information content (AvgIpc) is 2.14.